The maximum Gasteiger partial charge on any atom is 0.310 e. The molecule has 0 aromatic heterocycles. The second kappa shape index (κ2) is 10.1. The van der Waals surface area contributed by atoms with Crippen LogP contribution in [0.5, 0.6) is 11.5 Å². The average Bonchev–Trinajstić information content (AvgIpc) is 2.77. The number of ether oxygens (including phenoxy) is 2. The van der Waals surface area contributed by atoms with Crippen LogP contribution in [0, 0.1) is 11.2 Å². The van der Waals surface area contributed by atoms with Crippen LogP contribution in [0.2, 0.25) is 0 Å². The van der Waals surface area contributed by atoms with Crippen molar-refractivity contribution in [3.8, 4) is 22.6 Å². The second-order valence-electron chi connectivity index (χ2n) is 9.50. The third-order valence-electron chi connectivity index (χ3n) is 5.49. The molecule has 174 valence electrons. The Bertz CT molecular complexity index is 1130. The fraction of sp³-hybridized carbons (Fsp3) is 0.321. The molecule has 0 aliphatic heterocycles. The molecule has 0 bridgehead atoms. The molecule has 0 heterocycles. The Morgan fingerprint density at radius 1 is 1.00 bits per heavy atom. The van der Waals surface area contributed by atoms with Crippen LogP contribution in [0.25, 0.3) is 11.1 Å². The van der Waals surface area contributed by atoms with Crippen molar-refractivity contribution in [3.05, 3.63) is 83.2 Å². The first-order valence-corrected chi connectivity index (χ1v) is 11.0. The predicted molar refractivity (Wildman–Crippen MR) is 128 cm³/mol. The highest BCUT2D eigenvalue weighted by molar-refractivity contribution is 5.75. The first-order chi connectivity index (χ1) is 15.6. The zero-order valence-corrected chi connectivity index (χ0v) is 19.8. The summed E-state index contributed by atoms with van der Waals surface area (Å²) in [4.78, 5) is 11.3. The molecule has 0 radical (unpaired) electrons. The largest absolute Gasteiger partial charge is 0.497 e. The molecule has 1 atom stereocenters. The van der Waals surface area contributed by atoms with E-state index in [4.69, 9.17) is 9.47 Å². The van der Waals surface area contributed by atoms with Gasteiger partial charge in [-0.15, -0.1) is 0 Å². The van der Waals surface area contributed by atoms with Gasteiger partial charge in [-0.1, -0.05) is 51.1 Å². The lowest BCUT2D eigenvalue weighted by molar-refractivity contribution is -0.138. The van der Waals surface area contributed by atoms with E-state index in [0.29, 0.717) is 23.7 Å². The Kier molecular flexibility index (Phi) is 7.42. The first kappa shape index (κ1) is 24.3. The zero-order chi connectivity index (χ0) is 24.2. The van der Waals surface area contributed by atoms with Gasteiger partial charge >= 0.3 is 5.97 Å². The van der Waals surface area contributed by atoms with E-state index in [1.165, 1.54) is 6.07 Å². The van der Waals surface area contributed by atoms with Crippen molar-refractivity contribution in [3.63, 3.8) is 0 Å². The van der Waals surface area contributed by atoms with Gasteiger partial charge in [-0.25, -0.2) is 4.39 Å². The van der Waals surface area contributed by atoms with Gasteiger partial charge < -0.3 is 14.6 Å². The molecule has 3 aromatic carbocycles. The standard InChI is InChI=1S/C28H31FO4/c1-18(27(30)31)20-8-6-7-19(13-20)17-33-23-9-11-24(21(14-23)16-28(2,3)4)25-15-22(32-5)10-12-26(25)29/h6-15,18H,16-17H2,1-5H3,(H,30,31). The van der Waals surface area contributed by atoms with E-state index in [1.807, 2.05) is 36.4 Å². The summed E-state index contributed by atoms with van der Waals surface area (Å²) >= 11 is 0. The van der Waals surface area contributed by atoms with Crippen LogP contribution in [0.1, 0.15) is 50.3 Å². The van der Waals surface area contributed by atoms with Gasteiger partial charge in [-0.3, -0.25) is 4.79 Å². The Morgan fingerprint density at radius 2 is 1.73 bits per heavy atom. The molecule has 1 N–H and O–H groups in total. The number of carboxylic acids is 1. The van der Waals surface area contributed by atoms with Crippen molar-refractivity contribution in [2.75, 3.05) is 7.11 Å². The van der Waals surface area contributed by atoms with E-state index >= 15 is 0 Å². The molecule has 0 aliphatic rings. The lowest BCUT2D eigenvalue weighted by atomic mass is 9.84. The fourth-order valence-electron chi connectivity index (χ4n) is 3.74. The maximum absolute atomic E-state index is 14.7. The molecule has 1 unspecified atom stereocenters. The Morgan fingerprint density at radius 3 is 2.39 bits per heavy atom. The lowest BCUT2D eigenvalue weighted by Gasteiger charge is -2.22. The summed E-state index contributed by atoms with van der Waals surface area (Å²) in [7, 11) is 1.57. The molecular weight excluding hydrogens is 419 g/mol. The summed E-state index contributed by atoms with van der Waals surface area (Å²) in [6.45, 7) is 8.39. The molecule has 0 amide bonds. The quantitative estimate of drug-likeness (QED) is 0.407. The monoisotopic (exact) mass is 450 g/mol. The van der Waals surface area contributed by atoms with Crippen LogP contribution in [-0.2, 0) is 17.8 Å². The van der Waals surface area contributed by atoms with Crippen molar-refractivity contribution in [1.82, 2.24) is 0 Å². The van der Waals surface area contributed by atoms with Crippen LogP contribution in [0.3, 0.4) is 0 Å². The minimum absolute atomic E-state index is 0.00990. The average molecular weight is 451 g/mol. The smallest absolute Gasteiger partial charge is 0.310 e. The number of carboxylic acid groups (broad SMARTS) is 1. The molecule has 0 saturated carbocycles. The first-order valence-electron chi connectivity index (χ1n) is 11.0. The summed E-state index contributed by atoms with van der Waals surface area (Å²) in [6.07, 6.45) is 0.738. The molecule has 33 heavy (non-hydrogen) atoms. The Labute approximate surface area is 195 Å². The van der Waals surface area contributed by atoms with Crippen molar-refractivity contribution < 1.29 is 23.8 Å². The fourth-order valence-corrected chi connectivity index (χ4v) is 3.74. The van der Waals surface area contributed by atoms with Crippen molar-refractivity contribution >= 4 is 5.97 Å². The number of carbonyl (C=O) groups is 1. The van der Waals surface area contributed by atoms with E-state index in [9.17, 15) is 14.3 Å². The molecule has 5 heteroatoms. The zero-order valence-electron chi connectivity index (χ0n) is 19.8. The third-order valence-corrected chi connectivity index (χ3v) is 5.49. The Hall–Kier alpha value is -3.34. The topological polar surface area (TPSA) is 55.8 Å². The van der Waals surface area contributed by atoms with Gasteiger partial charge in [0.25, 0.3) is 0 Å². The molecule has 4 nitrogen and oxygen atoms in total. The van der Waals surface area contributed by atoms with Crippen LogP contribution in [-0.4, -0.2) is 18.2 Å². The van der Waals surface area contributed by atoms with Crippen LogP contribution < -0.4 is 9.47 Å². The molecule has 0 spiro atoms. The number of aliphatic carboxylic acids is 1. The third kappa shape index (κ3) is 6.35. The van der Waals surface area contributed by atoms with Gasteiger partial charge in [0.05, 0.1) is 13.0 Å². The van der Waals surface area contributed by atoms with Gasteiger partial charge in [0, 0.05) is 5.56 Å². The van der Waals surface area contributed by atoms with Crippen LogP contribution in [0.15, 0.2) is 60.7 Å². The second-order valence-corrected chi connectivity index (χ2v) is 9.50. The highest BCUT2D eigenvalue weighted by Crippen LogP contribution is 2.35. The van der Waals surface area contributed by atoms with Gasteiger partial charge in [-0.2, -0.15) is 0 Å². The number of rotatable bonds is 8. The van der Waals surface area contributed by atoms with Crippen molar-refractivity contribution in [1.29, 1.82) is 0 Å². The van der Waals surface area contributed by atoms with E-state index in [-0.39, 0.29) is 11.2 Å². The highest BCUT2D eigenvalue weighted by atomic mass is 19.1. The number of halogens is 1. The van der Waals surface area contributed by atoms with Crippen molar-refractivity contribution in [2.24, 2.45) is 5.41 Å². The highest BCUT2D eigenvalue weighted by Gasteiger charge is 2.19. The molecular formula is C28H31FO4. The number of hydrogen-bond acceptors (Lipinski definition) is 3. The predicted octanol–water partition coefficient (Wildman–Crippen LogP) is 6.86. The number of benzene rings is 3. The summed E-state index contributed by atoms with van der Waals surface area (Å²) in [6, 6.07) is 17.8. The minimum atomic E-state index is -0.861. The molecule has 3 rings (SSSR count). The molecule has 0 fully saturated rings. The van der Waals surface area contributed by atoms with E-state index < -0.39 is 11.9 Å². The Balaban J connectivity index is 1.90. The lowest BCUT2D eigenvalue weighted by Crippen LogP contribution is -2.11. The van der Waals surface area contributed by atoms with Crippen molar-refractivity contribution in [2.45, 2.75) is 46.6 Å². The van der Waals surface area contributed by atoms with Gasteiger partial charge in [0.15, 0.2) is 0 Å². The minimum Gasteiger partial charge on any atom is -0.497 e. The number of methoxy groups -OCH3 is 1. The normalized spacial score (nSPS) is 12.3. The van der Waals surface area contributed by atoms with Gasteiger partial charge in [0.2, 0.25) is 0 Å². The maximum atomic E-state index is 14.7. The van der Waals surface area contributed by atoms with Crippen LogP contribution >= 0.6 is 0 Å². The summed E-state index contributed by atoms with van der Waals surface area (Å²) in [5.41, 5.74) is 3.91. The molecule has 0 aliphatic carbocycles. The summed E-state index contributed by atoms with van der Waals surface area (Å²) < 4.78 is 26.0. The summed E-state index contributed by atoms with van der Waals surface area (Å²) in [5.74, 6) is -0.466. The van der Waals surface area contributed by atoms with E-state index in [2.05, 4.69) is 20.8 Å². The SMILES string of the molecule is COc1ccc(F)c(-c2ccc(OCc3cccc(C(C)C(=O)O)c3)cc2CC(C)(C)C)c1. The number of hydrogen-bond donors (Lipinski definition) is 1. The van der Waals surface area contributed by atoms with Crippen LogP contribution in [0.4, 0.5) is 4.39 Å². The molecule has 0 saturated heterocycles. The summed E-state index contributed by atoms with van der Waals surface area (Å²) in [5, 5.41) is 9.26. The molecule has 3 aromatic rings. The van der Waals surface area contributed by atoms with E-state index in [0.717, 1.165) is 28.7 Å². The van der Waals surface area contributed by atoms with Gasteiger partial charge in [0.1, 0.15) is 23.9 Å². The van der Waals surface area contributed by atoms with E-state index in [1.54, 1.807) is 32.2 Å². The van der Waals surface area contributed by atoms with Gasteiger partial charge in [-0.05, 0) is 71.3 Å².